The number of hydrogen-bond donors (Lipinski definition) is 1. The Morgan fingerprint density at radius 3 is 2.78 bits per heavy atom. The summed E-state index contributed by atoms with van der Waals surface area (Å²) >= 11 is 0. The number of benzene rings is 2. The summed E-state index contributed by atoms with van der Waals surface area (Å²) < 4.78 is 5.43. The Balaban J connectivity index is 1.34. The van der Waals surface area contributed by atoms with Gasteiger partial charge < -0.3 is 14.5 Å². The van der Waals surface area contributed by atoms with Gasteiger partial charge in [0.2, 0.25) is 0 Å². The van der Waals surface area contributed by atoms with Crippen molar-refractivity contribution in [1.82, 2.24) is 20.0 Å². The highest BCUT2D eigenvalue weighted by molar-refractivity contribution is 5.93. The quantitative estimate of drug-likeness (QED) is 0.578. The van der Waals surface area contributed by atoms with Gasteiger partial charge in [0.15, 0.2) is 0 Å². The molecule has 4 rings (SSSR count). The first-order valence-electron chi connectivity index (χ1n) is 11.4. The number of aromatic nitrogens is 2. The molecule has 1 fully saturated rings. The molecule has 1 aliphatic heterocycles. The van der Waals surface area contributed by atoms with Crippen LogP contribution in [-0.4, -0.2) is 65.7 Å². The summed E-state index contributed by atoms with van der Waals surface area (Å²) in [5.41, 5.74) is 3.48. The number of nitrogens with zero attached hydrogens (tertiary/aromatic N) is 3. The topological polar surface area (TPSA) is 61.5 Å². The van der Waals surface area contributed by atoms with Crippen molar-refractivity contribution in [2.45, 2.75) is 31.7 Å². The molecule has 3 aromatic rings. The monoisotopic (exact) mass is 432 g/mol. The van der Waals surface area contributed by atoms with Gasteiger partial charge in [-0.05, 0) is 62.5 Å². The van der Waals surface area contributed by atoms with E-state index < -0.39 is 0 Å². The van der Waals surface area contributed by atoms with Gasteiger partial charge >= 0.3 is 0 Å². The molecule has 1 atom stereocenters. The van der Waals surface area contributed by atoms with Crippen LogP contribution in [0.25, 0.3) is 11.3 Å². The summed E-state index contributed by atoms with van der Waals surface area (Å²) in [4.78, 5) is 17.5. The molecule has 0 bridgehead atoms. The second-order valence-electron chi connectivity index (χ2n) is 8.47. The number of H-pyrrole nitrogens is 1. The fourth-order valence-corrected chi connectivity index (χ4v) is 4.48. The van der Waals surface area contributed by atoms with E-state index in [1.807, 2.05) is 42.3 Å². The maximum atomic E-state index is 13.2. The molecule has 32 heavy (non-hydrogen) atoms. The minimum absolute atomic E-state index is 0.0187. The summed E-state index contributed by atoms with van der Waals surface area (Å²) in [6, 6.07) is 20.4. The van der Waals surface area contributed by atoms with Crippen LogP contribution in [0, 0.1) is 0 Å². The molecule has 0 saturated carbocycles. The van der Waals surface area contributed by atoms with Gasteiger partial charge in [-0.15, -0.1) is 0 Å². The Morgan fingerprint density at radius 1 is 1.19 bits per heavy atom. The third-order valence-electron chi connectivity index (χ3n) is 6.32. The minimum Gasteiger partial charge on any atom is -0.496 e. The van der Waals surface area contributed by atoms with E-state index in [9.17, 15) is 4.79 Å². The number of hydrogen-bond acceptors (Lipinski definition) is 4. The first-order valence-corrected chi connectivity index (χ1v) is 11.4. The van der Waals surface area contributed by atoms with E-state index >= 15 is 0 Å². The fourth-order valence-electron chi connectivity index (χ4n) is 4.48. The van der Waals surface area contributed by atoms with Gasteiger partial charge in [-0.2, -0.15) is 5.10 Å². The van der Waals surface area contributed by atoms with Gasteiger partial charge in [-0.25, -0.2) is 0 Å². The summed E-state index contributed by atoms with van der Waals surface area (Å²) in [5.74, 6) is 0.722. The molecule has 0 spiro atoms. The second-order valence-corrected chi connectivity index (χ2v) is 8.47. The van der Waals surface area contributed by atoms with Crippen molar-refractivity contribution in [2.75, 3.05) is 33.8 Å². The fraction of sp³-hybridized carbons (Fsp3) is 0.385. The molecule has 0 radical (unpaired) electrons. The molecule has 0 aliphatic carbocycles. The minimum atomic E-state index is -0.0187. The largest absolute Gasteiger partial charge is 0.496 e. The Kier molecular flexibility index (Phi) is 7.22. The number of likely N-dealkylation sites (tertiary alicyclic amines) is 1. The maximum Gasteiger partial charge on any atom is 0.271 e. The van der Waals surface area contributed by atoms with Crippen LogP contribution >= 0.6 is 0 Å². The van der Waals surface area contributed by atoms with Crippen LogP contribution in [-0.2, 0) is 6.42 Å². The SMILES string of the molecule is COc1ccccc1-c1cc(C(=O)N(C)[C@@H]2CCCN(CCCc3ccccc3)C2)[nH]n1. The number of aromatic amines is 1. The number of rotatable bonds is 8. The molecule has 2 aromatic carbocycles. The highest BCUT2D eigenvalue weighted by Gasteiger charge is 2.27. The number of para-hydroxylation sites is 1. The van der Waals surface area contributed by atoms with Gasteiger partial charge in [0.05, 0.1) is 12.8 Å². The zero-order valence-electron chi connectivity index (χ0n) is 19.0. The van der Waals surface area contributed by atoms with E-state index in [4.69, 9.17) is 4.74 Å². The lowest BCUT2D eigenvalue weighted by Crippen LogP contribution is -2.48. The van der Waals surface area contributed by atoms with Crippen molar-refractivity contribution >= 4 is 5.91 Å². The van der Waals surface area contributed by atoms with Gasteiger partial charge in [0.25, 0.3) is 5.91 Å². The maximum absolute atomic E-state index is 13.2. The number of nitrogens with one attached hydrogen (secondary N) is 1. The van der Waals surface area contributed by atoms with E-state index in [1.165, 1.54) is 5.56 Å². The Hall–Kier alpha value is -3.12. The van der Waals surface area contributed by atoms with Crippen LogP contribution in [0.2, 0.25) is 0 Å². The zero-order valence-corrected chi connectivity index (χ0v) is 19.0. The molecule has 168 valence electrons. The first kappa shape index (κ1) is 22.1. The van der Waals surface area contributed by atoms with Gasteiger partial charge in [0, 0.05) is 25.2 Å². The molecule has 6 heteroatoms. The number of ether oxygens (including phenoxy) is 1. The Labute approximate surface area is 190 Å². The highest BCUT2D eigenvalue weighted by atomic mass is 16.5. The number of aryl methyl sites for hydroxylation is 1. The number of likely N-dealkylation sites (N-methyl/N-ethyl adjacent to an activating group) is 1. The second kappa shape index (κ2) is 10.5. The molecule has 0 unspecified atom stereocenters. The zero-order chi connectivity index (χ0) is 22.3. The number of amides is 1. The third-order valence-corrected chi connectivity index (χ3v) is 6.32. The lowest BCUT2D eigenvalue weighted by molar-refractivity contribution is 0.0611. The van der Waals surface area contributed by atoms with Gasteiger partial charge in [-0.1, -0.05) is 42.5 Å². The van der Waals surface area contributed by atoms with Crippen molar-refractivity contribution in [3.63, 3.8) is 0 Å². The standard InChI is InChI=1S/C26H32N4O2/c1-29(21-13-9-17-30(19-21)16-8-12-20-10-4-3-5-11-20)26(31)24-18-23(27-28-24)22-14-6-7-15-25(22)32-2/h3-7,10-11,14-15,18,21H,8-9,12-13,16-17,19H2,1-2H3,(H,27,28)/t21-/m1/s1. The molecule has 1 saturated heterocycles. The van der Waals surface area contributed by atoms with Crippen molar-refractivity contribution in [1.29, 1.82) is 0 Å². The van der Waals surface area contributed by atoms with Crippen LogP contribution < -0.4 is 4.74 Å². The summed E-state index contributed by atoms with van der Waals surface area (Å²) in [6.07, 6.45) is 4.38. The Morgan fingerprint density at radius 2 is 1.97 bits per heavy atom. The van der Waals surface area contributed by atoms with E-state index in [1.54, 1.807) is 7.11 Å². The van der Waals surface area contributed by atoms with Crippen molar-refractivity contribution in [2.24, 2.45) is 0 Å². The molecule has 1 aromatic heterocycles. The molecule has 1 aliphatic rings. The molecular formula is C26H32N4O2. The van der Waals surface area contributed by atoms with Crippen molar-refractivity contribution in [3.8, 4) is 17.0 Å². The van der Waals surface area contributed by atoms with E-state index in [2.05, 4.69) is 45.4 Å². The number of carbonyl (C=O) groups excluding carboxylic acids is 1. The smallest absolute Gasteiger partial charge is 0.271 e. The van der Waals surface area contributed by atoms with Crippen LogP contribution in [0.15, 0.2) is 60.7 Å². The lowest BCUT2D eigenvalue weighted by Gasteiger charge is -2.37. The van der Waals surface area contributed by atoms with E-state index in [0.717, 1.165) is 56.6 Å². The van der Waals surface area contributed by atoms with Crippen LogP contribution in [0.3, 0.4) is 0 Å². The van der Waals surface area contributed by atoms with Crippen molar-refractivity contribution in [3.05, 3.63) is 71.9 Å². The van der Waals surface area contributed by atoms with Crippen molar-refractivity contribution < 1.29 is 9.53 Å². The average Bonchev–Trinajstić information content (AvgIpc) is 3.34. The van der Waals surface area contributed by atoms with Crippen LogP contribution in [0.4, 0.5) is 0 Å². The Bertz CT molecular complexity index is 1020. The highest BCUT2D eigenvalue weighted by Crippen LogP contribution is 2.28. The summed E-state index contributed by atoms with van der Waals surface area (Å²) in [5, 5.41) is 7.29. The van der Waals surface area contributed by atoms with Gasteiger partial charge in [0.1, 0.15) is 11.4 Å². The number of piperidine rings is 1. The van der Waals surface area contributed by atoms with Crippen LogP contribution in [0.5, 0.6) is 5.75 Å². The van der Waals surface area contributed by atoms with E-state index in [-0.39, 0.29) is 11.9 Å². The summed E-state index contributed by atoms with van der Waals surface area (Å²) in [7, 11) is 3.55. The third kappa shape index (κ3) is 5.19. The van der Waals surface area contributed by atoms with E-state index in [0.29, 0.717) is 11.4 Å². The number of carbonyl (C=O) groups is 1. The number of methoxy groups -OCH3 is 1. The molecular weight excluding hydrogens is 400 g/mol. The van der Waals surface area contributed by atoms with Gasteiger partial charge in [-0.3, -0.25) is 9.89 Å². The summed E-state index contributed by atoms with van der Waals surface area (Å²) in [6.45, 7) is 3.09. The van der Waals surface area contributed by atoms with Crippen LogP contribution in [0.1, 0.15) is 35.3 Å². The average molecular weight is 433 g/mol. The lowest BCUT2D eigenvalue weighted by atomic mass is 10.0. The molecule has 1 N–H and O–H groups in total. The predicted molar refractivity (Wildman–Crippen MR) is 127 cm³/mol. The molecule has 6 nitrogen and oxygen atoms in total. The first-order chi connectivity index (χ1) is 15.7. The normalized spacial score (nSPS) is 16.6. The predicted octanol–water partition coefficient (Wildman–Crippen LogP) is 4.25. The molecule has 2 heterocycles. The molecule has 1 amide bonds.